The fraction of sp³-hybridized carbons (Fsp3) is 0.364. The van der Waals surface area contributed by atoms with Gasteiger partial charge in [0.15, 0.2) is 17.5 Å². The van der Waals surface area contributed by atoms with Crippen molar-refractivity contribution in [1.82, 2.24) is 19.5 Å². The number of hydrogen-bond donors (Lipinski definition) is 0. The second-order valence-corrected chi connectivity index (χ2v) is 7.87. The highest BCUT2D eigenvalue weighted by molar-refractivity contribution is 6.04. The minimum atomic E-state index is -0.957. The quantitative estimate of drug-likeness (QED) is 0.621. The summed E-state index contributed by atoms with van der Waals surface area (Å²) in [6, 6.07) is 3.29. The van der Waals surface area contributed by atoms with Crippen molar-refractivity contribution >= 4 is 17.4 Å². The zero-order valence-electron chi connectivity index (χ0n) is 17.7. The van der Waals surface area contributed by atoms with Gasteiger partial charge in [-0.05, 0) is 31.0 Å². The van der Waals surface area contributed by atoms with Crippen molar-refractivity contribution in [2.45, 2.75) is 31.8 Å². The lowest BCUT2D eigenvalue weighted by molar-refractivity contribution is -0.120. The summed E-state index contributed by atoms with van der Waals surface area (Å²) in [4.78, 5) is 30.2. The molecule has 1 fully saturated rings. The molecule has 2 aliphatic heterocycles. The van der Waals surface area contributed by atoms with Crippen LogP contribution < -0.4 is 9.80 Å². The van der Waals surface area contributed by atoms with Gasteiger partial charge in [0, 0.05) is 31.6 Å². The zero-order chi connectivity index (χ0) is 22.4. The molecule has 1 aromatic carbocycles. The molecule has 0 saturated carbocycles. The van der Waals surface area contributed by atoms with E-state index in [4.69, 9.17) is 9.72 Å². The molecule has 32 heavy (non-hydrogen) atoms. The van der Waals surface area contributed by atoms with E-state index in [1.165, 1.54) is 6.07 Å². The zero-order valence-corrected chi connectivity index (χ0v) is 17.7. The van der Waals surface area contributed by atoms with Crippen LogP contribution in [0, 0.1) is 11.6 Å². The third-order valence-corrected chi connectivity index (χ3v) is 6.01. The summed E-state index contributed by atoms with van der Waals surface area (Å²) < 4.78 is 34.4. The number of carbonyl (C=O) groups is 1. The Bertz CT molecular complexity index is 1180. The van der Waals surface area contributed by atoms with Crippen molar-refractivity contribution in [3.8, 4) is 17.3 Å². The molecule has 4 heterocycles. The molecule has 0 aliphatic carbocycles. The SMILES string of the molecule is CC[C@@H]1C(=O)N(C)c2cnc(-n3ccnc3-c3ccc(F)c(F)c3)nc2N1C1CCOC1. The maximum absolute atomic E-state index is 13.8. The standard InChI is InChI=1S/C22H22F2N6O2/c1-3-17-21(31)28(2)18-11-26-22(27-20(18)30(17)14-6-9-32-12-14)29-8-7-25-19(29)13-4-5-15(23)16(24)10-13/h4-5,7-8,10-11,14,17H,3,6,9,12H2,1-2H3/t14?,17-/m1/s1. The summed E-state index contributed by atoms with van der Waals surface area (Å²) >= 11 is 0. The Labute approximate surface area is 183 Å². The summed E-state index contributed by atoms with van der Waals surface area (Å²) in [6.45, 7) is 3.14. The average molecular weight is 440 g/mol. The van der Waals surface area contributed by atoms with Gasteiger partial charge in [0.05, 0.1) is 18.8 Å². The minimum Gasteiger partial charge on any atom is -0.379 e. The number of imidazole rings is 1. The Morgan fingerprint density at radius 2 is 2.06 bits per heavy atom. The van der Waals surface area contributed by atoms with Crippen molar-refractivity contribution in [3.05, 3.63) is 48.4 Å². The molecule has 1 amide bonds. The fourth-order valence-electron chi connectivity index (χ4n) is 4.36. The van der Waals surface area contributed by atoms with Crippen LogP contribution >= 0.6 is 0 Å². The Morgan fingerprint density at radius 3 is 2.78 bits per heavy atom. The van der Waals surface area contributed by atoms with Gasteiger partial charge in [-0.1, -0.05) is 6.92 Å². The number of aromatic nitrogens is 4. The van der Waals surface area contributed by atoms with Crippen LogP contribution in [0.5, 0.6) is 0 Å². The van der Waals surface area contributed by atoms with Crippen molar-refractivity contribution in [1.29, 1.82) is 0 Å². The number of ether oxygens (including phenoxy) is 1. The molecule has 2 aliphatic rings. The summed E-state index contributed by atoms with van der Waals surface area (Å²) in [5.74, 6) is -0.543. The van der Waals surface area contributed by atoms with Crippen molar-refractivity contribution < 1.29 is 18.3 Å². The van der Waals surface area contributed by atoms with Crippen molar-refractivity contribution in [2.24, 2.45) is 0 Å². The first-order valence-corrected chi connectivity index (χ1v) is 10.5. The molecule has 0 bridgehead atoms. The van der Waals surface area contributed by atoms with Crippen LogP contribution in [0.2, 0.25) is 0 Å². The summed E-state index contributed by atoms with van der Waals surface area (Å²) in [6.07, 6.45) is 6.25. The monoisotopic (exact) mass is 440 g/mol. The van der Waals surface area contributed by atoms with Gasteiger partial charge in [0.2, 0.25) is 11.9 Å². The van der Waals surface area contributed by atoms with Crippen LogP contribution in [0.1, 0.15) is 19.8 Å². The second-order valence-electron chi connectivity index (χ2n) is 7.87. The molecule has 1 saturated heterocycles. The van der Waals surface area contributed by atoms with Gasteiger partial charge in [-0.3, -0.25) is 9.36 Å². The average Bonchev–Trinajstić information content (AvgIpc) is 3.50. The lowest BCUT2D eigenvalue weighted by Gasteiger charge is -2.43. The van der Waals surface area contributed by atoms with Crippen LogP contribution in [0.25, 0.3) is 17.3 Å². The van der Waals surface area contributed by atoms with E-state index in [1.54, 1.807) is 35.1 Å². The Kier molecular flexibility index (Phi) is 5.09. The topological polar surface area (TPSA) is 76.4 Å². The molecule has 0 spiro atoms. The summed E-state index contributed by atoms with van der Waals surface area (Å²) in [5.41, 5.74) is 1.01. The normalized spacial score (nSPS) is 20.7. The molecule has 5 rings (SSSR count). The highest BCUT2D eigenvalue weighted by atomic mass is 19.2. The number of benzene rings is 1. The van der Waals surface area contributed by atoms with Gasteiger partial charge in [0.1, 0.15) is 17.6 Å². The molecule has 2 atom stereocenters. The number of likely N-dealkylation sites (N-methyl/N-ethyl adjacent to an activating group) is 1. The van der Waals surface area contributed by atoms with Gasteiger partial charge < -0.3 is 14.5 Å². The van der Waals surface area contributed by atoms with E-state index in [0.29, 0.717) is 48.5 Å². The van der Waals surface area contributed by atoms with Crippen LogP contribution in [0.15, 0.2) is 36.8 Å². The largest absolute Gasteiger partial charge is 0.379 e. The van der Waals surface area contributed by atoms with E-state index in [-0.39, 0.29) is 18.0 Å². The third-order valence-electron chi connectivity index (χ3n) is 6.01. The number of fused-ring (bicyclic) bond motifs is 1. The number of hydrogen-bond acceptors (Lipinski definition) is 6. The molecule has 0 radical (unpaired) electrons. The molecule has 1 unspecified atom stereocenters. The number of rotatable bonds is 4. The lowest BCUT2D eigenvalue weighted by Crippen LogP contribution is -2.56. The summed E-state index contributed by atoms with van der Waals surface area (Å²) in [5, 5.41) is 0. The molecule has 8 nitrogen and oxygen atoms in total. The molecular weight excluding hydrogens is 418 g/mol. The third kappa shape index (κ3) is 3.22. The molecule has 0 N–H and O–H groups in total. The lowest BCUT2D eigenvalue weighted by atomic mass is 10.0. The highest BCUT2D eigenvalue weighted by Gasteiger charge is 2.41. The Hall–Kier alpha value is -3.40. The van der Waals surface area contributed by atoms with Crippen LogP contribution in [0.4, 0.5) is 20.3 Å². The fourth-order valence-corrected chi connectivity index (χ4v) is 4.36. The van der Waals surface area contributed by atoms with Crippen LogP contribution in [-0.2, 0) is 9.53 Å². The Morgan fingerprint density at radius 1 is 1.22 bits per heavy atom. The minimum absolute atomic E-state index is 0.00615. The predicted molar refractivity (Wildman–Crippen MR) is 114 cm³/mol. The maximum atomic E-state index is 13.8. The Balaban J connectivity index is 1.62. The van der Waals surface area contributed by atoms with Crippen molar-refractivity contribution in [2.75, 3.05) is 30.1 Å². The first-order valence-electron chi connectivity index (χ1n) is 10.5. The predicted octanol–water partition coefficient (Wildman–Crippen LogP) is 2.96. The van der Waals surface area contributed by atoms with E-state index in [0.717, 1.165) is 18.6 Å². The van der Waals surface area contributed by atoms with E-state index < -0.39 is 11.6 Å². The van der Waals surface area contributed by atoms with Crippen molar-refractivity contribution in [3.63, 3.8) is 0 Å². The number of nitrogens with zero attached hydrogens (tertiary/aromatic N) is 6. The first-order chi connectivity index (χ1) is 15.5. The van der Waals surface area contributed by atoms with Gasteiger partial charge in [0.25, 0.3) is 0 Å². The maximum Gasteiger partial charge on any atom is 0.249 e. The molecular formula is C22H22F2N6O2. The number of anilines is 2. The van der Waals surface area contributed by atoms with E-state index in [1.807, 2.05) is 11.8 Å². The van der Waals surface area contributed by atoms with Crippen LogP contribution in [-0.4, -0.2) is 57.8 Å². The molecule has 10 heteroatoms. The smallest absolute Gasteiger partial charge is 0.249 e. The second kappa shape index (κ2) is 7.94. The number of carbonyl (C=O) groups excluding carboxylic acids is 1. The summed E-state index contributed by atoms with van der Waals surface area (Å²) in [7, 11) is 1.72. The van der Waals surface area contributed by atoms with Gasteiger partial charge in [-0.2, -0.15) is 4.98 Å². The van der Waals surface area contributed by atoms with Gasteiger partial charge >= 0.3 is 0 Å². The molecule has 2 aromatic heterocycles. The van der Waals surface area contributed by atoms with E-state index in [9.17, 15) is 13.6 Å². The number of amides is 1. The van der Waals surface area contributed by atoms with E-state index in [2.05, 4.69) is 9.97 Å². The first kappa shape index (κ1) is 20.5. The highest BCUT2D eigenvalue weighted by Crippen LogP contribution is 2.37. The van der Waals surface area contributed by atoms with Gasteiger partial charge in [-0.25, -0.2) is 18.7 Å². The number of halogens is 2. The van der Waals surface area contributed by atoms with Crippen LogP contribution in [0.3, 0.4) is 0 Å². The molecule has 3 aromatic rings. The van der Waals surface area contributed by atoms with E-state index >= 15 is 0 Å². The molecule has 166 valence electrons. The van der Waals surface area contributed by atoms with Gasteiger partial charge in [-0.15, -0.1) is 0 Å².